The summed E-state index contributed by atoms with van der Waals surface area (Å²) < 4.78 is 22.8. The van der Waals surface area contributed by atoms with Crippen LogP contribution in [0, 0.1) is 5.82 Å². The number of hydrogen-bond acceptors (Lipinski definition) is 6. The molecule has 214 valence electrons. The van der Waals surface area contributed by atoms with Crippen LogP contribution in [0.25, 0.3) is 11.1 Å². The number of rotatable bonds is 6. The van der Waals surface area contributed by atoms with Crippen LogP contribution in [-0.2, 0) is 29.0 Å². The molecule has 12 heteroatoms. The number of halogens is 2. The lowest BCUT2D eigenvalue weighted by Gasteiger charge is -2.35. The van der Waals surface area contributed by atoms with Crippen molar-refractivity contribution in [1.82, 2.24) is 19.4 Å². The third-order valence-corrected chi connectivity index (χ3v) is 8.36. The fraction of sp³-hybridized carbons (Fsp3) is 0.379. The molecule has 2 amide bonds. The number of hydrogen-bond donors (Lipinski definition) is 1. The highest BCUT2D eigenvalue weighted by atomic mass is 35.5. The van der Waals surface area contributed by atoms with Gasteiger partial charge in [0.1, 0.15) is 5.82 Å². The van der Waals surface area contributed by atoms with Gasteiger partial charge < -0.3 is 29.1 Å². The Morgan fingerprint density at radius 2 is 1.90 bits per heavy atom. The highest BCUT2D eigenvalue weighted by molar-refractivity contribution is 6.33. The number of fused-ring (bicyclic) bond motifs is 2. The van der Waals surface area contributed by atoms with E-state index in [1.807, 2.05) is 15.5 Å². The Balaban J connectivity index is 1.28. The van der Waals surface area contributed by atoms with E-state index in [9.17, 15) is 19.5 Å². The minimum absolute atomic E-state index is 0.0714. The number of nitrogens with zero attached hydrogens (tertiary/aromatic N) is 5. The van der Waals surface area contributed by atoms with E-state index in [2.05, 4.69) is 4.98 Å². The standard InChI is InChI=1S/C29H29ClFN5O5/c1-2-41-28(38)26(25-24-4-3-7-35(24)16-32-25)36-15-20-19(27(36)37)12-18(14-22(20)31)17-5-6-23(21(30)13-17)33-8-10-34(11-9-33)29(39)40/h5-6,12-14,16,26H,2-4,7-11,15H2,1H3,(H,39,40). The summed E-state index contributed by atoms with van der Waals surface area (Å²) in [5, 5.41) is 9.64. The number of esters is 1. The molecule has 1 N–H and O–H groups in total. The number of anilines is 1. The molecule has 1 aromatic heterocycles. The first-order valence-corrected chi connectivity index (χ1v) is 14.0. The average Bonchev–Trinajstić information content (AvgIpc) is 3.66. The van der Waals surface area contributed by atoms with Crippen LogP contribution in [0.4, 0.5) is 14.9 Å². The van der Waals surface area contributed by atoms with Gasteiger partial charge in [-0.1, -0.05) is 17.7 Å². The lowest BCUT2D eigenvalue weighted by molar-refractivity contribution is -0.149. The van der Waals surface area contributed by atoms with E-state index in [1.54, 1.807) is 31.5 Å². The Hall–Kier alpha value is -4.12. The molecule has 0 aliphatic carbocycles. The summed E-state index contributed by atoms with van der Waals surface area (Å²) in [5.74, 6) is -1.59. The Morgan fingerprint density at radius 1 is 1.12 bits per heavy atom. The van der Waals surface area contributed by atoms with Gasteiger partial charge in [-0.15, -0.1) is 0 Å². The highest BCUT2D eigenvalue weighted by Crippen LogP contribution is 2.39. The molecule has 1 saturated heterocycles. The number of imidazole rings is 1. The van der Waals surface area contributed by atoms with Crippen LogP contribution in [0.2, 0.25) is 5.02 Å². The fourth-order valence-corrected chi connectivity index (χ4v) is 6.28. The SMILES string of the molecule is CCOC(=O)C(c1ncn2c1CCC2)N1Cc2c(F)cc(-c3ccc(N4CCN(C(=O)O)CC4)c(Cl)c3)cc2C1=O. The summed E-state index contributed by atoms with van der Waals surface area (Å²) >= 11 is 6.63. The number of aromatic nitrogens is 2. The number of carboxylic acid groups (broad SMARTS) is 1. The van der Waals surface area contributed by atoms with Crippen LogP contribution in [0.5, 0.6) is 0 Å². The first-order chi connectivity index (χ1) is 19.8. The maximum Gasteiger partial charge on any atom is 0.407 e. The molecule has 3 aromatic rings. The molecular weight excluding hydrogens is 553 g/mol. The number of amides is 2. The minimum Gasteiger partial charge on any atom is -0.465 e. The smallest absolute Gasteiger partial charge is 0.407 e. The number of aryl methyl sites for hydroxylation is 1. The molecule has 10 nitrogen and oxygen atoms in total. The summed E-state index contributed by atoms with van der Waals surface area (Å²) in [5.41, 5.74) is 3.66. The van der Waals surface area contributed by atoms with Gasteiger partial charge in [-0.25, -0.2) is 19.0 Å². The molecule has 41 heavy (non-hydrogen) atoms. The lowest BCUT2D eigenvalue weighted by Crippen LogP contribution is -2.48. The largest absolute Gasteiger partial charge is 0.465 e. The van der Waals surface area contributed by atoms with Crippen molar-refractivity contribution in [3.63, 3.8) is 0 Å². The van der Waals surface area contributed by atoms with Crippen molar-refractivity contribution in [3.8, 4) is 11.1 Å². The van der Waals surface area contributed by atoms with Gasteiger partial charge in [-0.05, 0) is 55.2 Å². The summed E-state index contributed by atoms with van der Waals surface area (Å²) in [6.07, 6.45) is 2.40. The molecule has 0 bridgehead atoms. The minimum atomic E-state index is -1.07. The van der Waals surface area contributed by atoms with E-state index in [4.69, 9.17) is 16.3 Å². The zero-order chi connectivity index (χ0) is 28.8. The van der Waals surface area contributed by atoms with E-state index < -0.39 is 29.8 Å². The average molecular weight is 582 g/mol. The summed E-state index contributed by atoms with van der Waals surface area (Å²) in [7, 11) is 0. The summed E-state index contributed by atoms with van der Waals surface area (Å²) in [4.78, 5) is 47.3. The molecule has 0 spiro atoms. The Kier molecular flexibility index (Phi) is 7.06. The second-order valence-corrected chi connectivity index (χ2v) is 10.8. The van der Waals surface area contributed by atoms with Crippen LogP contribution in [-0.4, -0.2) is 75.2 Å². The first kappa shape index (κ1) is 27.1. The van der Waals surface area contributed by atoms with E-state index in [1.165, 1.54) is 15.9 Å². The van der Waals surface area contributed by atoms with Gasteiger partial charge in [-0.3, -0.25) is 4.79 Å². The molecule has 1 fully saturated rings. The Morgan fingerprint density at radius 3 is 2.61 bits per heavy atom. The van der Waals surface area contributed by atoms with E-state index in [0.29, 0.717) is 48.0 Å². The van der Waals surface area contributed by atoms with Crippen molar-refractivity contribution < 1.29 is 28.6 Å². The predicted octanol–water partition coefficient (Wildman–Crippen LogP) is 4.35. The van der Waals surface area contributed by atoms with Crippen LogP contribution >= 0.6 is 11.6 Å². The Bertz CT molecular complexity index is 1550. The third kappa shape index (κ3) is 4.77. The molecule has 0 radical (unpaired) electrons. The van der Waals surface area contributed by atoms with Gasteiger partial charge in [0.2, 0.25) is 0 Å². The topological polar surface area (TPSA) is 108 Å². The van der Waals surface area contributed by atoms with Gasteiger partial charge in [0.25, 0.3) is 5.91 Å². The monoisotopic (exact) mass is 581 g/mol. The zero-order valence-corrected chi connectivity index (χ0v) is 23.2. The molecule has 2 aromatic carbocycles. The van der Waals surface area contributed by atoms with Gasteiger partial charge in [0.05, 0.1) is 35.9 Å². The summed E-state index contributed by atoms with van der Waals surface area (Å²) in [6, 6.07) is 7.29. The maximum atomic E-state index is 15.5. The lowest BCUT2D eigenvalue weighted by atomic mass is 9.99. The van der Waals surface area contributed by atoms with Gasteiger partial charge >= 0.3 is 12.1 Å². The van der Waals surface area contributed by atoms with Crippen molar-refractivity contribution in [2.75, 3.05) is 37.7 Å². The first-order valence-electron chi connectivity index (χ1n) is 13.6. The molecule has 6 rings (SSSR count). The van der Waals surface area contributed by atoms with Crippen LogP contribution < -0.4 is 4.90 Å². The Labute approximate surface area is 240 Å². The van der Waals surface area contributed by atoms with Crippen molar-refractivity contribution in [2.45, 2.75) is 38.9 Å². The molecule has 1 atom stereocenters. The quantitative estimate of drug-likeness (QED) is 0.431. The van der Waals surface area contributed by atoms with Crippen molar-refractivity contribution in [3.05, 3.63) is 70.0 Å². The number of carbonyl (C=O) groups is 3. The molecule has 4 heterocycles. The third-order valence-electron chi connectivity index (χ3n) is 8.06. The van der Waals surface area contributed by atoms with Gasteiger partial charge in [-0.2, -0.15) is 0 Å². The molecule has 1 unspecified atom stereocenters. The molecular formula is C29H29ClFN5O5. The highest BCUT2D eigenvalue weighted by Gasteiger charge is 2.42. The molecule has 3 aliphatic heterocycles. The van der Waals surface area contributed by atoms with Gasteiger partial charge in [0, 0.05) is 49.5 Å². The van der Waals surface area contributed by atoms with Gasteiger partial charge in [0.15, 0.2) is 6.04 Å². The summed E-state index contributed by atoms with van der Waals surface area (Å²) in [6.45, 7) is 4.32. The number of piperazine rings is 1. The van der Waals surface area contributed by atoms with Crippen molar-refractivity contribution >= 4 is 35.3 Å². The molecule has 3 aliphatic rings. The van der Waals surface area contributed by atoms with E-state index in [-0.39, 0.29) is 24.3 Å². The normalized spacial score (nSPS) is 17.0. The second kappa shape index (κ2) is 10.7. The van der Waals surface area contributed by atoms with E-state index in [0.717, 1.165) is 30.8 Å². The predicted molar refractivity (Wildman–Crippen MR) is 148 cm³/mol. The van der Waals surface area contributed by atoms with Crippen LogP contribution in [0.15, 0.2) is 36.7 Å². The fourth-order valence-electron chi connectivity index (χ4n) is 5.98. The second-order valence-electron chi connectivity index (χ2n) is 10.4. The van der Waals surface area contributed by atoms with E-state index >= 15 is 4.39 Å². The van der Waals surface area contributed by atoms with Crippen LogP contribution in [0.1, 0.15) is 46.7 Å². The number of carbonyl (C=O) groups excluding carboxylic acids is 2. The number of ether oxygens (including phenoxy) is 1. The molecule has 0 saturated carbocycles. The number of benzene rings is 2. The maximum absolute atomic E-state index is 15.5. The van der Waals surface area contributed by atoms with Crippen LogP contribution in [0.3, 0.4) is 0 Å². The van der Waals surface area contributed by atoms with Crippen molar-refractivity contribution in [2.24, 2.45) is 0 Å². The zero-order valence-electron chi connectivity index (χ0n) is 22.5. The van der Waals surface area contributed by atoms with Crippen molar-refractivity contribution in [1.29, 1.82) is 0 Å².